The molecule has 0 aliphatic heterocycles. The van der Waals surface area contributed by atoms with Crippen LogP contribution in [-0.2, 0) is 0 Å². The highest BCUT2D eigenvalue weighted by Crippen LogP contribution is 2.28. The molecule has 0 heterocycles. The lowest BCUT2D eigenvalue weighted by atomic mass is 9.89. The molecule has 1 aliphatic carbocycles. The van der Waals surface area contributed by atoms with Crippen molar-refractivity contribution in [3.8, 4) is 6.07 Å². The smallest absolute Gasteiger partial charge is 0.0638 e. The first kappa shape index (κ1) is 12.5. The Morgan fingerprint density at radius 1 is 1.53 bits per heavy atom. The van der Waals surface area contributed by atoms with Crippen LogP contribution >= 0.6 is 0 Å². The fourth-order valence-corrected chi connectivity index (χ4v) is 2.24. The number of hydrogen-bond donors (Lipinski definition) is 1. The van der Waals surface area contributed by atoms with Crippen molar-refractivity contribution in [1.29, 1.82) is 5.26 Å². The SMILES string of the molecule is CCC(CC#N)N(CCCO)C1CCC1. The summed E-state index contributed by atoms with van der Waals surface area (Å²) < 4.78 is 0. The van der Waals surface area contributed by atoms with Gasteiger partial charge in [0.1, 0.15) is 0 Å². The van der Waals surface area contributed by atoms with Gasteiger partial charge in [0.2, 0.25) is 0 Å². The van der Waals surface area contributed by atoms with Crippen LogP contribution in [0.1, 0.15) is 45.4 Å². The van der Waals surface area contributed by atoms with Gasteiger partial charge in [0.15, 0.2) is 0 Å². The molecule has 86 valence electrons. The Labute approximate surface area is 92.7 Å². The summed E-state index contributed by atoms with van der Waals surface area (Å²) in [5.74, 6) is 0. The zero-order valence-corrected chi connectivity index (χ0v) is 9.65. The van der Waals surface area contributed by atoms with Crippen LogP contribution < -0.4 is 0 Å². The lowest BCUT2D eigenvalue weighted by Gasteiger charge is -2.41. The van der Waals surface area contributed by atoms with Crippen LogP contribution in [0.4, 0.5) is 0 Å². The number of aliphatic hydroxyl groups is 1. The normalized spacial score (nSPS) is 18.5. The second-order valence-electron chi connectivity index (χ2n) is 4.32. The quantitative estimate of drug-likeness (QED) is 0.698. The molecule has 3 nitrogen and oxygen atoms in total. The Kier molecular flexibility index (Phi) is 5.67. The van der Waals surface area contributed by atoms with E-state index in [1.807, 2.05) is 0 Å². The lowest BCUT2D eigenvalue weighted by molar-refractivity contribution is 0.0712. The van der Waals surface area contributed by atoms with Crippen LogP contribution in [0, 0.1) is 11.3 Å². The third kappa shape index (κ3) is 3.48. The van der Waals surface area contributed by atoms with Crippen molar-refractivity contribution in [3.63, 3.8) is 0 Å². The van der Waals surface area contributed by atoms with Crippen LogP contribution in [-0.4, -0.2) is 35.2 Å². The molecule has 0 bridgehead atoms. The fraction of sp³-hybridized carbons (Fsp3) is 0.917. The standard InChI is InChI=1S/C12H22N2O/c1-2-11(7-8-13)14(9-4-10-15)12-5-3-6-12/h11-12,15H,2-7,9-10H2,1H3. The second-order valence-corrected chi connectivity index (χ2v) is 4.32. The van der Waals surface area contributed by atoms with Crippen LogP contribution in [0.15, 0.2) is 0 Å². The van der Waals surface area contributed by atoms with Gasteiger partial charge in [0.05, 0.1) is 12.5 Å². The summed E-state index contributed by atoms with van der Waals surface area (Å²) in [7, 11) is 0. The van der Waals surface area contributed by atoms with E-state index in [-0.39, 0.29) is 6.61 Å². The van der Waals surface area contributed by atoms with Gasteiger partial charge in [-0.2, -0.15) is 5.26 Å². The lowest BCUT2D eigenvalue weighted by Crippen LogP contribution is -2.47. The van der Waals surface area contributed by atoms with Gasteiger partial charge in [-0.25, -0.2) is 0 Å². The highest BCUT2D eigenvalue weighted by molar-refractivity contribution is 4.88. The maximum absolute atomic E-state index is 8.88. The molecule has 1 fully saturated rings. The molecule has 1 unspecified atom stereocenters. The highest BCUT2D eigenvalue weighted by Gasteiger charge is 2.28. The summed E-state index contributed by atoms with van der Waals surface area (Å²) in [5.41, 5.74) is 0. The molecular weight excluding hydrogens is 188 g/mol. The number of hydrogen-bond acceptors (Lipinski definition) is 3. The van der Waals surface area contributed by atoms with Crippen molar-refractivity contribution < 1.29 is 5.11 Å². The average Bonchev–Trinajstić information content (AvgIpc) is 2.18. The molecule has 3 heteroatoms. The monoisotopic (exact) mass is 210 g/mol. The van der Waals surface area contributed by atoms with Crippen molar-refractivity contribution >= 4 is 0 Å². The molecule has 1 atom stereocenters. The Morgan fingerprint density at radius 2 is 2.27 bits per heavy atom. The molecule has 1 saturated carbocycles. The van der Waals surface area contributed by atoms with Crippen LogP contribution in [0.3, 0.4) is 0 Å². The molecule has 0 radical (unpaired) electrons. The average molecular weight is 210 g/mol. The molecule has 1 aliphatic rings. The number of nitriles is 1. The van der Waals surface area contributed by atoms with Crippen LogP contribution in [0.25, 0.3) is 0 Å². The summed E-state index contributed by atoms with van der Waals surface area (Å²) in [6.45, 7) is 3.35. The maximum atomic E-state index is 8.88. The molecule has 15 heavy (non-hydrogen) atoms. The van der Waals surface area contributed by atoms with Gasteiger partial charge in [-0.15, -0.1) is 0 Å². The predicted octanol–water partition coefficient (Wildman–Crippen LogP) is 1.92. The van der Waals surface area contributed by atoms with E-state index in [9.17, 15) is 0 Å². The van der Waals surface area contributed by atoms with Gasteiger partial charge in [-0.3, -0.25) is 4.90 Å². The molecule has 0 amide bonds. The van der Waals surface area contributed by atoms with E-state index in [1.165, 1.54) is 19.3 Å². The van der Waals surface area contributed by atoms with Gasteiger partial charge in [-0.1, -0.05) is 13.3 Å². The van der Waals surface area contributed by atoms with Crippen molar-refractivity contribution in [1.82, 2.24) is 4.90 Å². The van der Waals surface area contributed by atoms with Crippen molar-refractivity contribution in [3.05, 3.63) is 0 Å². The molecule has 0 aromatic heterocycles. The summed E-state index contributed by atoms with van der Waals surface area (Å²) in [6.07, 6.45) is 6.36. The zero-order valence-electron chi connectivity index (χ0n) is 9.65. The minimum atomic E-state index is 0.256. The molecular formula is C12H22N2O. The maximum Gasteiger partial charge on any atom is 0.0638 e. The third-order valence-electron chi connectivity index (χ3n) is 3.39. The third-order valence-corrected chi connectivity index (χ3v) is 3.39. The van der Waals surface area contributed by atoms with Gasteiger partial charge in [0, 0.05) is 25.2 Å². The predicted molar refractivity (Wildman–Crippen MR) is 60.4 cm³/mol. The second kappa shape index (κ2) is 6.81. The largest absolute Gasteiger partial charge is 0.396 e. The Morgan fingerprint density at radius 3 is 2.67 bits per heavy atom. The molecule has 0 spiro atoms. The Hall–Kier alpha value is -0.590. The Balaban J connectivity index is 2.48. The molecule has 0 aromatic rings. The van der Waals surface area contributed by atoms with E-state index < -0.39 is 0 Å². The highest BCUT2D eigenvalue weighted by atomic mass is 16.3. The molecule has 0 saturated heterocycles. The minimum absolute atomic E-state index is 0.256. The van der Waals surface area contributed by atoms with E-state index in [1.54, 1.807) is 0 Å². The molecule has 1 N–H and O–H groups in total. The van der Waals surface area contributed by atoms with Gasteiger partial charge in [0.25, 0.3) is 0 Å². The van der Waals surface area contributed by atoms with E-state index in [2.05, 4.69) is 17.9 Å². The summed E-state index contributed by atoms with van der Waals surface area (Å²) in [5, 5.41) is 17.7. The van der Waals surface area contributed by atoms with Crippen LogP contribution in [0.5, 0.6) is 0 Å². The summed E-state index contributed by atoms with van der Waals surface area (Å²) in [4.78, 5) is 2.45. The van der Waals surface area contributed by atoms with E-state index in [0.29, 0.717) is 18.5 Å². The first-order chi connectivity index (χ1) is 7.33. The minimum Gasteiger partial charge on any atom is -0.396 e. The summed E-state index contributed by atoms with van der Waals surface area (Å²) in [6, 6.07) is 3.35. The number of rotatable bonds is 7. The fourth-order valence-electron chi connectivity index (χ4n) is 2.24. The first-order valence-corrected chi connectivity index (χ1v) is 6.07. The van der Waals surface area contributed by atoms with Gasteiger partial charge in [-0.05, 0) is 25.7 Å². The van der Waals surface area contributed by atoms with Gasteiger partial charge >= 0.3 is 0 Å². The van der Waals surface area contributed by atoms with Crippen molar-refractivity contribution in [2.75, 3.05) is 13.2 Å². The van der Waals surface area contributed by atoms with Gasteiger partial charge < -0.3 is 5.11 Å². The summed E-state index contributed by atoms with van der Waals surface area (Å²) >= 11 is 0. The number of nitrogens with zero attached hydrogens (tertiary/aromatic N) is 2. The van der Waals surface area contributed by atoms with Crippen molar-refractivity contribution in [2.45, 2.75) is 57.5 Å². The van der Waals surface area contributed by atoms with E-state index in [4.69, 9.17) is 10.4 Å². The molecule has 1 rings (SSSR count). The Bertz CT molecular complexity index is 208. The van der Waals surface area contributed by atoms with E-state index >= 15 is 0 Å². The number of aliphatic hydroxyl groups excluding tert-OH is 1. The van der Waals surface area contributed by atoms with Crippen molar-refractivity contribution in [2.24, 2.45) is 0 Å². The van der Waals surface area contributed by atoms with E-state index in [0.717, 1.165) is 19.4 Å². The molecule has 0 aromatic carbocycles. The first-order valence-electron chi connectivity index (χ1n) is 6.07. The van der Waals surface area contributed by atoms with Crippen LogP contribution in [0.2, 0.25) is 0 Å². The zero-order chi connectivity index (χ0) is 11.1. The topological polar surface area (TPSA) is 47.3 Å².